The summed E-state index contributed by atoms with van der Waals surface area (Å²) in [7, 11) is 1.87. The summed E-state index contributed by atoms with van der Waals surface area (Å²) >= 11 is 1.56. The largest absolute Gasteiger partial charge is 0.378 e. The minimum absolute atomic E-state index is 0.0212. The third kappa shape index (κ3) is 2.67. The molecule has 1 saturated heterocycles. The van der Waals surface area contributed by atoms with Gasteiger partial charge in [0, 0.05) is 37.2 Å². The Morgan fingerprint density at radius 1 is 1.65 bits per heavy atom. The van der Waals surface area contributed by atoms with Crippen LogP contribution in [-0.2, 0) is 11.3 Å². The lowest BCUT2D eigenvalue weighted by molar-refractivity contribution is 0.0585. The summed E-state index contributed by atoms with van der Waals surface area (Å²) in [5, 5.41) is 5.79. The fraction of sp³-hybridized carbons (Fsp3) is 0.714. The maximum atomic E-state index is 12.2. The molecule has 110 valence electrons. The van der Waals surface area contributed by atoms with E-state index in [1.807, 2.05) is 12.4 Å². The van der Waals surface area contributed by atoms with Crippen LogP contribution >= 0.6 is 11.3 Å². The van der Waals surface area contributed by atoms with Gasteiger partial charge in [-0.25, -0.2) is 9.78 Å². The van der Waals surface area contributed by atoms with Crippen molar-refractivity contribution in [3.8, 4) is 0 Å². The first kappa shape index (κ1) is 13.8. The molecule has 1 N–H and O–H groups in total. The molecule has 1 aromatic heterocycles. The van der Waals surface area contributed by atoms with Gasteiger partial charge in [-0.2, -0.15) is 0 Å². The lowest BCUT2D eigenvalue weighted by atomic mass is 9.82. The summed E-state index contributed by atoms with van der Waals surface area (Å²) in [5.74, 6) is 0. The zero-order valence-electron chi connectivity index (χ0n) is 11.8. The number of carbonyl (C=O) groups excluding carboxylic acids is 1. The molecule has 2 fully saturated rings. The van der Waals surface area contributed by atoms with Gasteiger partial charge in [0.25, 0.3) is 0 Å². The van der Waals surface area contributed by atoms with Crippen molar-refractivity contribution in [2.75, 3.05) is 20.2 Å². The van der Waals surface area contributed by atoms with Crippen molar-refractivity contribution in [2.45, 2.75) is 38.3 Å². The molecule has 5 nitrogen and oxygen atoms in total. The zero-order valence-corrected chi connectivity index (χ0v) is 12.6. The summed E-state index contributed by atoms with van der Waals surface area (Å²) in [6.07, 6.45) is 6.75. The Kier molecular flexibility index (Phi) is 3.94. The van der Waals surface area contributed by atoms with Gasteiger partial charge in [-0.1, -0.05) is 6.42 Å². The fourth-order valence-electron chi connectivity index (χ4n) is 3.49. The normalized spacial score (nSPS) is 28.4. The molecule has 0 aromatic carbocycles. The Bertz CT molecular complexity index is 453. The molecule has 20 heavy (non-hydrogen) atoms. The van der Waals surface area contributed by atoms with Crippen LogP contribution in [-0.4, -0.2) is 42.2 Å². The number of aromatic nitrogens is 1. The first-order valence-electron chi connectivity index (χ1n) is 7.19. The number of urea groups is 1. The van der Waals surface area contributed by atoms with Crippen molar-refractivity contribution in [3.05, 3.63) is 16.6 Å². The molecule has 2 amide bonds. The molecule has 0 radical (unpaired) electrons. The minimum Gasteiger partial charge on any atom is -0.378 e. The van der Waals surface area contributed by atoms with E-state index in [0.29, 0.717) is 12.6 Å². The molecule has 3 rings (SSSR count). The van der Waals surface area contributed by atoms with Crippen molar-refractivity contribution in [3.63, 3.8) is 0 Å². The van der Waals surface area contributed by atoms with Gasteiger partial charge in [-0.15, -0.1) is 11.3 Å². The molecule has 0 unspecified atom stereocenters. The van der Waals surface area contributed by atoms with E-state index < -0.39 is 0 Å². The highest BCUT2D eigenvalue weighted by atomic mass is 32.1. The zero-order chi connectivity index (χ0) is 14.0. The fourth-order valence-corrected chi connectivity index (χ4v) is 4.04. The number of thiazole rings is 1. The van der Waals surface area contributed by atoms with E-state index in [1.165, 1.54) is 12.8 Å². The van der Waals surface area contributed by atoms with Crippen molar-refractivity contribution in [1.82, 2.24) is 15.2 Å². The molecule has 0 spiro atoms. The van der Waals surface area contributed by atoms with Crippen LogP contribution in [0.5, 0.6) is 0 Å². The van der Waals surface area contributed by atoms with Crippen LogP contribution < -0.4 is 5.32 Å². The van der Waals surface area contributed by atoms with E-state index >= 15 is 0 Å². The number of nitrogens with zero attached hydrogens (tertiary/aromatic N) is 2. The van der Waals surface area contributed by atoms with Crippen LogP contribution in [0.15, 0.2) is 11.6 Å². The summed E-state index contributed by atoms with van der Waals surface area (Å²) in [5.41, 5.74) is 0.202. The molecule has 0 bridgehead atoms. The highest BCUT2D eigenvalue weighted by molar-refractivity contribution is 7.09. The maximum Gasteiger partial charge on any atom is 0.317 e. The van der Waals surface area contributed by atoms with Gasteiger partial charge in [0.15, 0.2) is 0 Å². The second-order valence-electron chi connectivity index (χ2n) is 5.80. The second kappa shape index (κ2) is 5.69. The number of fused-ring (bicyclic) bond motifs is 1. The van der Waals surface area contributed by atoms with Gasteiger partial charge in [-0.05, 0) is 19.3 Å². The van der Waals surface area contributed by atoms with Gasteiger partial charge in [-0.3, -0.25) is 0 Å². The molecule has 6 heteroatoms. The topological polar surface area (TPSA) is 54.5 Å². The monoisotopic (exact) mass is 295 g/mol. The predicted octanol–water partition coefficient (Wildman–Crippen LogP) is 2.24. The first-order valence-corrected chi connectivity index (χ1v) is 8.06. The lowest BCUT2D eigenvalue weighted by Crippen LogP contribution is -2.45. The third-order valence-electron chi connectivity index (χ3n) is 4.52. The quantitative estimate of drug-likeness (QED) is 0.927. The molecule has 1 aliphatic carbocycles. The van der Waals surface area contributed by atoms with Crippen LogP contribution in [0, 0.1) is 5.41 Å². The van der Waals surface area contributed by atoms with Crippen LogP contribution in [0.4, 0.5) is 4.79 Å². The molecular weight excluding hydrogens is 274 g/mol. The van der Waals surface area contributed by atoms with E-state index in [2.05, 4.69) is 10.3 Å². The lowest BCUT2D eigenvalue weighted by Gasteiger charge is -2.32. The van der Waals surface area contributed by atoms with Crippen LogP contribution in [0.2, 0.25) is 0 Å². The minimum atomic E-state index is -0.0212. The van der Waals surface area contributed by atoms with Crippen molar-refractivity contribution in [1.29, 1.82) is 0 Å². The Labute approximate surface area is 123 Å². The van der Waals surface area contributed by atoms with E-state index in [0.717, 1.165) is 31.0 Å². The average molecular weight is 295 g/mol. The summed E-state index contributed by atoms with van der Waals surface area (Å²) in [6, 6.07) is -0.0212. The molecule has 1 aliphatic heterocycles. The number of ether oxygens (including phenoxy) is 1. The SMILES string of the molecule is CN(C[C@@]12CCC[C@@H]1OCC2)C(=O)NCc1nccs1. The van der Waals surface area contributed by atoms with E-state index in [-0.39, 0.29) is 11.4 Å². The van der Waals surface area contributed by atoms with Gasteiger partial charge in [0.2, 0.25) is 0 Å². The molecule has 2 atom stereocenters. The number of carbonyl (C=O) groups is 1. The molecular formula is C14H21N3O2S. The van der Waals surface area contributed by atoms with Crippen molar-refractivity contribution >= 4 is 17.4 Å². The van der Waals surface area contributed by atoms with Crippen LogP contribution in [0.1, 0.15) is 30.7 Å². The van der Waals surface area contributed by atoms with Crippen LogP contribution in [0.3, 0.4) is 0 Å². The van der Waals surface area contributed by atoms with E-state index in [4.69, 9.17) is 4.74 Å². The van der Waals surface area contributed by atoms with E-state index in [9.17, 15) is 4.79 Å². The second-order valence-corrected chi connectivity index (χ2v) is 6.78. The predicted molar refractivity (Wildman–Crippen MR) is 77.6 cm³/mol. The number of hydrogen-bond donors (Lipinski definition) is 1. The standard InChI is InChI=1S/C14H21N3O2S/c1-17(13(18)16-9-12-15-6-8-20-12)10-14-4-2-3-11(14)19-7-5-14/h6,8,11H,2-5,7,9-10H2,1H3,(H,16,18)/t11-,14-/m0/s1. The molecule has 2 aliphatic rings. The number of hydrogen-bond acceptors (Lipinski definition) is 4. The van der Waals surface area contributed by atoms with Crippen molar-refractivity contribution in [2.24, 2.45) is 5.41 Å². The van der Waals surface area contributed by atoms with Crippen LogP contribution in [0.25, 0.3) is 0 Å². The number of amides is 2. The highest BCUT2D eigenvalue weighted by Crippen LogP contribution is 2.47. The third-order valence-corrected chi connectivity index (χ3v) is 5.30. The smallest absolute Gasteiger partial charge is 0.317 e. The molecule has 1 saturated carbocycles. The van der Waals surface area contributed by atoms with Gasteiger partial charge >= 0.3 is 6.03 Å². The summed E-state index contributed by atoms with van der Waals surface area (Å²) in [6.45, 7) is 2.15. The van der Waals surface area contributed by atoms with E-state index in [1.54, 1.807) is 22.4 Å². The van der Waals surface area contributed by atoms with Gasteiger partial charge < -0.3 is 15.0 Å². The Morgan fingerprint density at radius 3 is 3.35 bits per heavy atom. The van der Waals surface area contributed by atoms with Gasteiger partial charge in [0.1, 0.15) is 5.01 Å². The summed E-state index contributed by atoms with van der Waals surface area (Å²) < 4.78 is 5.81. The van der Waals surface area contributed by atoms with Gasteiger partial charge in [0.05, 0.1) is 12.6 Å². The Balaban J connectivity index is 1.53. The molecule has 1 aromatic rings. The van der Waals surface area contributed by atoms with Crippen molar-refractivity contribution < 1.29 is 9.53 Å². The molecule has 2 heterocycles. The average Bonchev–Trinajstić information content (AvgIpc) is 3.11. The Morgan fingerprint density at radius 2 is 2.55 bits per heavy atom. The first-order chi connectivity index (χ1) is 9.70. The highest BCUT2D eigenvalue weighted by Gasteiger charge is 2.48. The maximum absolute atomic E-state index is 12.2. The number of nitrogens with one attached hydrogen (secondary N) is 1. The number of rotatable bonds is 4. The Hall–Kier alpha value is -1.14. The summed E-state index contributed by atoms with van der Waals surface area (Å²) in [4.78, 5) is 18.1.